The zero-order valence-electron chi connectivity index (χ0n) is 9.96. The van der Waals surface area contributed by atoms with Gasteiger partial charge in [0.25, 0.3) is 0 Å². The van der Waals surface area contributed by atoms with Crippen molar-refractivity contribution in [1.82, 2.24) is 0 Å². The molecule has 1 rings (SSSR count). The SMILES string of the molecule is CCC1CCCC(OC(CC)C(=N)N)C1. The number of hydrogen-bond acceptors (Lipinski definition) is 2. The van der Waals surface area contributed by atoms with E-state index < -0.39 is 0 Å². The van der Waals surface area contributed by atoms with Crippen molar-refractivity contribution in [2.24, 2.45) is 11.7 Å². The van der Waals surface area contributed by atoms with Crippen LogP contribution in [-0.4, -0.2) is 18.0 Å². The average molecular weight is 212 g/mol. The lowest BCUT2D eigenvalue weighted by Gasteiger charge is -2.31. The predicted octanol–water partition coefficient (Wildman–Crippen LogP) is 2.69. The molecule has 88 valence electrons. The summed E-state index contributed by atoms with van der Waals surface area (Å²) >= 11 is 0. The molecule has 3 N–H and O–H groups in total. The fraction of sp³-hybridized carbons (Fsp3) is 0.917. The molecule has 1 fully saturated rings. The molecule has 3 unspecified atom stereocenters. The van der Waals surface area contributed by atoms with E-state index in [1.165, 1.54) is 19.3 Å². The Hall–Kier alpha value is -0.570. The van der Waals surface area contributed by atoms with E-state index in [0.29, 0.717) is 6.10 Å². The van der Waals surface area contributed by atoms with Crippen molar-refractivity contribution < 1.29 is 4.74 Å². The maximum absolute atomic E-state index is 7.42. The van der Waals surface area contributed by atoms with Gasteiger partial charge in [-0.3, -0.25) is 5.41 Å². The van der Waals surface area contributed by atoms with Gasteiger partial charge in [-0.05, 0) is 25.2 Å². The number of nitrogens with one attached hydrogen (secondary N) is 1. The molecule has 0 heterocycles. The third kappa shape index (κ3) is 3.82. The lowest BCUT2D eigenvalue weighted by Crippen LogP contribution is -2.35. The molecule has 0 amide bonds. The van der Waals surface area contributed by atoms with E-state index in [-0.39, 0.29) is 11.9 Å². The summed E-state index contributed by atoms with van der Waals surface area (Å²) in [5.74, 6) is 0.990. The summed E-state index contributed by atoms with van der Waals surface area (Å²) in [6, 6.07) is 0. The van der Waals surface area contributed by atoms with Gasteiger partial charge in [-0.25, -0.2) is 0 Å². The molecule has 3 heteroatoms. The van der Waals surface area contributed by atoms with Crippen molar-refractivity contribution in [3.63, 3.8) is 0 Å². The normalized spacial score (nSPS) is 28.7. The zero-order valence-corrected chi connectivity index (χ0v) is 9.96. The van der Waals surface area contributed by atoms with Crippen molar-refractivity contribution >= 4 is 5.84 Å². The second-order valence-electron chi connectivity index (χ2n) is 4.55. The zero-order chi connectivity index (χ0) is 11.3. The molecule has 0 saturated heterocycles. The first-order chi connectivity index (χ1) is 7.17. The van der Waals surface area contributed by atoms with Crippen LogP contribution in [0.1, 0.15) is 52.4 Å². The summed E-state index contributed by atoms with van der Waals surface area (Å²) in [5.41, 5.74) is 5.49. The highest BCUT2D eigenvalue weighted by Crippen LogP contribution is 2.29. The number of ether oxygens (including phenoxy) is 1. The molecule has 1 aliphatic carbocycles. The number of nitrogens with two attached hydrogens (primary N) is 1. The Kier molecular flexibility index (Phi) is 5.09. The van der Waals surface area contributed by atoms with Gasteiger partial charge in [0.2, 0.25) is 0 Å². The Morgan fingerprint density at radius 2 is 2.20 bits per heavy atom. The minimum atomic E-state index is -0.161. The van der Waals surface area contributed by atoms with Gasteiger partial charge in [-0.2, -0.15) is 0 Å². The van der Waals surface area contributed by atoms with Crippen LogP contribution >= 0.6 is 0 Å². The highest BCUT2D eigenvalue weighted by molar-refractivity contribution is 5.81. The van der Waals surface area contributed by atoms with E-state index >= 15 is 0 Å². The summed E-state index contributed by atoms with van der Waals surface area (Å²) in [4.78, 5) is 0. The molecule has 0 aromatic rings. The van der Waals surface area contributed by atoms with Crippen LogP contribution in [0.3, 0.4) is 0 Å². The standard InChI is InChI=1S/C12H24N2O/c1-3-9-6-5-7-10(8-9)15-11(4-2)12(13)14/h9-11H,3-8H2,1-2H3,(H3,13,14). The Bertz CT molecular complexity index is 206. The molecule has 0 aromatic carbocycles. The van der Waals surface area contributed by atoms with E-state index in [2.05, 4.69) is 6.92 Å². The molecule has 0 aliphatic heterocycles. The summed E-state index contributed by atoms with van der Waals surface area (Å²) in [7, 11) is 0. The first-order valence-electron chi connectivity index (χ1n) is 6.16. The van der Waals surface area contributed by atoms with Crippen LogP contribution < -0.4 is 5.73 Å². The fourth-order valence-corrected chi connectivity index (χ4v) is 2.36. The Balaban J connectivity index is 2.39. The Morgan fingerprint density at radius 3 is 2.73 bits per heavy atom. The molecule has 1 aliphatic rings. The molecular formula is C12H24N2O. The van der Waals surface area contributed by atoms with Crippen LogP contribution in [0, 0.1) is 11.3 Å². The second kappa shape index (κ2) is 6.11. The lowest BCUT2D eigenvalue weighted by molar-refractivity contribution is -0.0135. The smallest absolute Gasteiger partial charge is 0.120 e. The fourth-order valence-electron chi connectivity index (χ4n) is 2.36. The summed E-state index contributed by atoms with van der Waals surface area (Å²) in [6.07, 6.45) is 7.12. The highest BCUT2D eigenvalue weighted by Gasteiger charge is 2.24. The number of rotatable bonds is 5. The van der Waals surface area contributed by atoms with Gasteiger partial charge < -0.3 is 10.5 Å². The summed E-state index contributed by atoms with van der Waals surface area (Å²) in [5, 5.41) is 7.42. The van der Waals surface area contributed by atoms with Crippen molar-refractivity contribution in [1.29, 1.82) is 5.41 Å². The highest BCUT2D eigenvalue weighted by atomic mass is 16.5. The molecule has 3 atom stereocenters. The van der Waals surface area contributed by atoms with Crippen molar-refractivity contribution in [3.8, 4) is 0 Å². The van der Waals surface area contributed by atoms with E-state index in [1.54, 1.807) is 0 Å². The van der Waals surface area contributed by atoms with E-state index in [9.17, 15) is 0 Å². The number of amidine groups is 1. The van der Waals surface area contributed by atoms with Gasteiger partial charge in [0.15, 0.2) is 0 Å². The third-order valence-corrected chi connectivity index (χ3v) is 3.39. The minimum Gasteiger partial charge on any atom is -0.385 e. The number of hydrogen-bond donors (Lipinski definition) is 2. The van der Waals surface area contributed by atoms with E-state index in [0.717, 1.165) is 25.2 Å². The van der Waals surface area contributed by atoms with Crippen LogP contribution in [-0.2, 0) is 4.74 Å². The molecular weight excluding hydrogens is 188 g/mol. The van der Waals surface area contributed by atoms with Gasteiger partial charge in [-0.15, -0.1) is 0 Å². The van der Waals surface area contributed by atoms with Crippen LogP contribution in [0.15, 0.2) is 0 Å². The lowest BCUT2D eigenvalue weighted by atomic mass is 9.85. The second-order valence-corrected chi connectivity index (χ2v) is 4.55. The Morgan fingerprint density at radius 1 is 1.47 bits per heavy atom. The van der Waals surface area contributed by atoms with Crippen molar-refractivity contribution in [2.75, 3.05) is 0 Å². The van der Waals surface area contributed by atoms with Crippen LogP contribution in [0.25, 0.3) is 0 Å². The Labute approximate surface area is 92.9 Å². The van der Waals surface area contributed by atoms with Crippen molar-refractivity contribution in [2.45, 2.75) is 64.6 Å². The van der Waals surface area contributed by atoms with Crippen LogP contribution in [0.2, 0.25) is 0 Å². The predicted molar refractivity (Wildman–Crippen MR) is 63.1 cm³/mol. The monoisotopic (exact) mass is 212 g/mol. The van der Waals surface area contributed by atoms with Gasteiger partial charge >= 0.3 is 0 Å². The van der Waals surface area contributed by atoms with Gasteiger partial charge in [-0.1, -0.05) is 33.1 Å². The summed E-state index contributed by atoms with van der Waals surface area (Å²) in [6.45, 7) is 4.27. The molecule has 0 radical (unpaired) electrons. The minimum absolute atomic E-state index is 0.161. The summed E-state index contributed by atoms with van der Waals surface area (Å²) < 4.78 is 5.88. The largest absolute Gasteiger partial charge is 0.385 e. The quantitative estimate of drug-likeness (QED) is 0.543. The molecule has 0 bridgehead atoms. The maximum Gasteiger partial charge on any atom is 0.120 e. The van der Waals surface area contributed by atoms with Gasteiger partial charge in [0, 0.05) is 0 Å². The van der Waals surface area contributed by atoms with E-state index in [1.807, 2.05) is 6.92 Å². The molecule has 0 aromatic heterocycles. The average Bonchev–Trinajstić information content (AvgIpc) is 2.25. The van der Waals surface area contributed by atoms with Crippen LogP contribution in [0.4, 0.5) is 0 Å². The first kappa shape index (κ1) is 12.5. The van der Waals surface area contributed by atoms with Gasteiger partial charge in [0.1, 0.15) is 11.9 Å². The topological polar surface area (TPSA) is 59.1 Å². The molecule has 0 spiro atoms. The van der Waals surface area contributed by atoms with E-state index in [4.69, 9.17) is 15.9 Å². The third-order valence-electron chi connectivity index (χ3n) is 3.39. The van der Waals surface area contributed by atoms with Crippen molar-refractivity contribution in [3.05, 3.63) is 0 Å². The van der Waals surface area contributed by atoms with Crippen LogP contribution in [0.5, 0.6) is 0 Å². The van der Waals surface area contributed by atoms with Gasteiger partial charge in [0.05, 0.1) is 6.10 Å². The maximum atomic E-state index is 7.42. The first-order valence-corrected chi connectivity index (χ1v) is 6.16. The molecule has 15 heavy (non-hydrogen) atoms. The molecule has 3 nitrogen and oxygen atoms in total. The molecule has 1 saturated carbocycles.